The van der Waals surface area contributed by atoms with Crippen LogP contribution in [0.25, 0.3) is 0 Å². The Kier molecular flexibility index (Phi) is 6.97. The second-order valence-corrected chi connectivity index (χ2v) is 4.36. The summed E-state index contributed by atoms with van der Waals surface area (Å²) in [7, 11) is 0. The highest BCUT2D eigenvalue weighted by Gasteiger charge is 2.21. The van der Waals surface area contributed by atoms with Crippen LogP contribution in [0.1, 0.15) is 32.3 Å². The maximum absolute atomic E-state index is 11.7. The Morgan fingerprint density at radius 3 is 2.42 bits per heavy atom. The predicted octanol–water partition coefficient (Wildman–Crippen LogP) is 2.77. The van der Waals surface area contributed by atoms with Gasteiger partial charge in [0.2, 0.25) is 0 Å². The Morgan fingerprint density at radius 1 is 1.26 bits per heavy atom. The van der Waals surface area contributed by atoms with Crippen molar-refractivity contribution in [1.82, 2.24) is 4.90 Å². The highest BCUT2D eigenvalue weighted by atomic mass is 16.6. The molecule has 1 saturated heterocycles. The Bertz CT molecular complexity index is 360. The van der Waals surface area contributed by atoms with Crippen LogP contribution in [0.15, 0.2) is 30.3 Å². The summed E-state index contributed by atoms with van der Waals surface area (Å²) < 4.78 is 5.25. The molecule has 0 radical (unpaired) electrons. The SMILES string of the molecule is CC.NC1CCN(C(=O)OCc2ccccc2)CC1. The van der Waals surface area contributed by atoms with Crippen LogP contribution in [0.4, 0.5) is 4.79 Å². The molecule has 19 heavy (non-hydrogen) atoms. The smallest absolute Gasteiger partial charge is 0.410 e. The molecule has 0 aliphatic carbocycles. The summed E-state index contributed by atoms with van der Waals surface area (Å²) >= 11 is 0. The number of rotatable bonds is 2. The van der Waals surface area contributed by atoms with Gasteiger partial charge in [0.15, 0.2) is 0 Å². The van der Waals surface area contributed by atoms with Crippen LogP contribution in [-0.2, 0) is 11.3 Å². The summed E-state index contributed by atoms with van der Waals surface area (Å²) in [6.07, 6.45) is 1.49. The largest absolute Gasteiger partial charge is 0.445 e. The monoisotopic (exact) mass is 264 g/mol. The van der Waals surface area contributed by atoms with Gasteiger partial charge in [0.05, 0.1) is 0 Å². The molecule has 0 aromatic heterocycles. The molecule has 1 aromatic carbocycles. The molecule has 1 heterocycles. The van der Waals surface area contributed by atoms with Crippen molar-refractivity contribution in [1.29, 1.82) is 0 Å². The van der Waals surface area contributed by atoms with Gasteiger partial charge in [-0.05, 0) is 18.4 Å². The Hall–Kier alpha value is -1.55. The Balaban J connectivity index is 0.000000861. The molecule has 0 unspecified atom stereocenters. The zero-order valence-corrected chi connectivity index (χ0v) is 11.8. The standard InChI is InChI=1S/C13H18N2O2.C2H6/c14-12-6-8-15(9-7-12)13(16)17-10-11-4-2-1-3-5-11;1-2/h1-5,12H,6-10,14H2;1-2H3. The summed E-state index contributed by atoms with van der Waals surface area (Å²) in [5.74, 6) is 0. The number of piperidine rings is 1. The molecule has 2 rings (SSSR count). The fraction of sp³-hybridized carbons (Fsp3) is 0.533. The maximum atomic E-state index is 11.7. The molecule has 0 spiro atoms. The molecule has 1 aliphatic rings. The van der Waals surface area contributed by atoms with E-state index in [4.69, 9.17) is 10.5 Å². The normalized spacial score (nSPS) is 15.4. The van der Waals surface area contributed by atoms with Crippen molar-refractivity contribution in [2.75, 3.05) is 13.1 Å². The van der Waals surface area contributed by atoms with Gasteiger partial charge >= 0.3 is 6.09 Å². The minimum Gasteiger partial charge on any atom is -0.445 e. The van der Waals surface area contributed by atoms with Gasteiger partial charge in [-0.1, -0.05) is 44.2 Å². The predicted molar refractivity (Wildman–Crippen MR) is 76.8 cm³/mol. The van der Waals surface area contributed by atoms with Crippen molar-refractivity contribution in [2.45, 2.75) is 39.3 Å². The lowest BCUT2D eigenvalue weighted by atomic mass is 10.1. The molecule has 4 nitrogen and oxygen atoms in total. The maximum Gasteiger partial charge on any atom is 0.410 e. The lowest BCUT2D eigenvalue weighted by Gasteiger charge is -2.29. The van der Waals surface area contributed by atoms with Crippen molar-refractivity contribution < 1.29 is 9.53 Å². The van der Waals surface area contributed by atoms with Crippen LogP contribution in [-0.4, -0.2) is 30.1 Å². The fourth-order valence-electron chi connectivity index (χ4n) is 1.89. The van der Waals surface area contributed by atoms with E-state index in [-0.39, 0.29) is 12.1 Å². The van der Waals surface area contributed by atoms with Crippen LogP contribution in [0.3, 0.4) is 0 Å². The average molecular weight is 264 g/mol. The zero-order chi connectivity index (χ0) is 14.1. The van der Waals surface area contributed by atoms with Crippen molar-refractivity contribution in [2.24, 2.45) is 5.73 Å². The van der Waals surface area contributed by atoms with Gasteiger partial charge in [0.1, 0.15) is 6.61 Å². The van der Waals surface area contributed by atoms with Crippen molar-refractivity contribution >= 4 is 6.09 Å². The van der Waals surface area contributed by atoms with Crippen LogP contribution in [0.5, 0.6) is 0 Å². The lowest BCUT2D eigenvalue weighted by molar-refractivity contribution is 0.0873. The number of amides is 1. The van der Waals surface area contributed by atoms with E-state index in [1.807, 2.05) is 44.2 Å². The number of hydrogen-bond donors (Lipinski definition) is 1. The number of hydrogen-bond acceptors (Lipinski definition) is 3. The van der Waals surface area contributed by atoms with Crippen LogP contribution in [0, 0.1) is 0 Å². The highest BCUT2D eigenvalue weighted by molar-refractivity contribution is 5.67. The quantitative estimate of drug-likeness (QED) is 0.893. The molecule has 1 aliphatic heterocycles. The van der Waals surface area contributed by atoms with Gasteiger partial charge in [-0.25, -0.2) is 4.79 Å². The molecule has 1 fully saturated rings. The molecule has 106 valence electrons. The second-order valence-electron chi connectivity index (χ2n) is 4.36. The number of nitrogens with zero attached hydrogens (tertiary/aromatic N) is 1. The third kappa shape index (κ3) is 5.30. The fourth-order valence-corrected chi connectivity index (χ4v) is 1.89. The second kappa shape index (κ2) is 8.53. The molecule has 0 atom stereocenters. The summed E-state index contributed by atoms with van der Waals surface area (Å²) in [6, 6.07) is 9.93. The number of ether oxygens (including phenoxy) is 1. The van der Waals surface area contributed by atoms with E-state index in [9.17, 15) is 4.79 Å². The molecule has 2 N–H and O–H groups in total. The lowest BCUT2D eigenvalue weighted by Crippen LogP contribution is -2.43. The Morgan fingerprint density at radius 2 is 1.84 bits per heavy atom. The first-order valence-electron chi connectivity index (χ1n) is 6.97. The summed E-state index contributed by atoms with van der Waals surface area (Å²) in [5.41, 5.74) is 6.79. The molecule has 4 heteroatoms. The third-order valence-electron chi connectivity index (χ3n) is 3.00. The topological polar surface area (TPSA) is 55.6 Å². The Labute approximate surface area is 115 Å². The van der Waals surface area contributed by atoms with Crippen LogP contribution >= 0.6 is 0 Å². The molecule has 1 aromatic rings. The third-order valence-corrected chi connectivity index (χ3v) is 3.00. The highest BCUT2D eigenvalue weighted by Crippen LogP contribution is 2.10. The van der Waals surface area contributed by atoms with E-state index in [2.05, 4.69) is 0 Å². The van der Waals surface area contributed by atoms with E-state index >= 15 is 0 Å². The number of carbonyl (C=O) groups excluding carboxylic acids is 1. The molecular formula is C15H24N2O2. The molecule has 0 saturated carbocycles. The van der Waals surface area contributed by atoms with E-state index in [0.29, 0.717) is 19.7 Å². The number of likely N-dealkylation sites (tertiary alicyclic amines) is 1. The van der Waals surface area contributed by atoms with E-state index in [1.54, 1.807) is 4.90 Å². The van der Waals surface area contributed by atoms with Crippen LogP contribution < -0.4 is 5.73 Å². The van der Waals surface area contributed by atoms with Gasteiger partial charge < -0.3 is 15.4 Å². The summed E-state index contributed by atoms with van der Waals surface area (Å²) in [5, 5.41) is 0. The van der Waals surface area contributed by atoms with Gasteiger partial charge in [0, 0.05) is 19.1 Å². The molecule has 0 bridgehead atoms. The molecular weight excluding hydrogens is 240 g/mol. The van der Waals surface area contributed by atoms with E-state index in [0.717, 1.165) is 18.4 Å². The van der Waals surface area contributed by atoms with Crippen LogP contribution in [0.2, 0.25) is 0 Å². The van der Waals surface area contributed by atoms with Crippen molar-refractivity contribution in [3.05, 3.63) is 35.9 Å². The van der Waals surface area contributed by atoms with E-state index < -0.39 is 0 Å². The minimum absolute atomic E-state index is 0.230. The zero-order valence-electron chi connectivity index (χ0n) is 11.8. The molecule has 1 amide bonds. The van der Waals surface area contributed by atoms with Crippen molar-refractivity contribution in [3.63, 3.8) is 0 Å². The number of nitrogens with two attached hydrogens (primary N) is 1. The van der Waals surface area contributed by atoms with Gasteiger partial charge in [-0.2, -0.15) is 0 Å². The summed E-state index contributed by atoms with van der Waals surface area (Å²) in [6.45, 7) is 5.74. The van der Waals surface area contributed by atoms with Gasteiger partial charge in [0.25, 0.3) is 0 Å². The van der Waals surface area contributed by atoms with Gasteiger partial charge in [-0.3, -0.25) is 0 Å². The van der Waals surface area contributed by atoms with Crippen molar-refractivity contribution in [3.8, 4) is 0 Å². The minimum atomic E-state index is -0.235. The van der Waals surface area contributed by atoms with E-state index in [1.165, 1.54) is 0 Å². The average Bonchev–Trinajstić information content (AvgIpc) is 2.49. The first-order valence-corrected chi connectivity index (χ1v) is 6.97. The van der Waals surface area contributed by atoms with Gasteiger partial charge in [-0.15, -0.1) is 0 Å². The first-order chi connectivity index (χ1) is 9.25. The first kappa shape index (κ1) is 15.5. The summed E-state index contributed by atoms with van der Waals surface area (Å²) in [4.78, 5) is 13.5. The number of benzene rings is 1. The number of carbonyl (C=O) groups is 1.